The molecule has 0 saturated carbocycles. The lowest BCUT2D eigenvalue weighted by Gasteiger charge is -2.38. The van der Waals surface area contributed by atoms with Gasteiger partial charge in [0.25, 0.3) is 0 Å². The first-order valence-electron chi connectivity index (χ1n) is 10.8. The molecule has 0 aliphatic heterocycles. The summed E-state index contributed by atoms with van der Waals surface area (Å²) in [5, 5.41) is 8.72. The molecular weight excluding hydrogens is 501 g/mol. The number of nitriles is 1. The van der Waals surface area contributed by atoms with Gasteiger partial charge in [-0.3, -0.25) is 9.59 Å². The summed E-state index contributed by atoms with van der Waals surface area (Å²) in [6.07, 6.45) is 6.77. The molecule has 2 heterocycles. The fourth-order valence-corrected chi connectivity index (χ4v) is 4.85. The summed E-state index contributed by atoms with van der Waals surface area (Å²) in [4.78, 5) is 32.3. The number of allylic oxidation sites excluding steroid dienone is 4. The molecule has 0 spiro atoms. The quantitative estimate of drug-likeness (QED) is 0.297. The summed E-state index contributed by atoms with van der Waals surface area (Å²) in [6.45, 7) is -0.296. The smallest absolute Gasteiger partial charge is 0.225 e. The van der Waals surface area contributed by atoms with Gasteiger partial charge >= 0.3 is 0 Å². The van der Waals surface area contributed by atoms with Gasteiger partial charge in [-0.05, 0) is 41.5 Å². The van der Waals surface area contributed by atoms with Crippen molar-refractivity contribution in [2.45, 2.75) is 10.8 Å². The molecule has 9 heteroatoms. The van der Waals surface area contributed by atoms with Crippen LogP contribution in [0.2, 0.25) is 5.02 Å². The molecule has 0 saturated heterocycles. The highest BCUT2D eigenvalue weighted by atomic mass is 35.5. The van der Waals surface area contributed by atoms with Crippen molar-refractivity contribution in [3.63, 3.8) is 0 Å². The number of hydrogen-bond acceptors (Lipinski definition) is 7. The summed E-state index contributed by atoms with van der Waals surface area (Å²) in [5.74, 6) is 0.115. The maximum Gasteiger partial charge on any atom is 0.225 e. The highest BCUT2D eigenvalue weighted by Gasteiger charge is 2.46. The number of methoxy groups -OCH3 is 1. The van der Waals surface area contributed by atoms with E-state index in [0.717, 1.165) is 5.56 Å². The van der Waals surface area contributed by atoms with Crippen LogP contribution in [0.1, 0.15) is 37.7 Å². The van der Waals surface area contributed by atoms with E-state index < -0.39 is 10.8 Å². The Morgan fingerprint density at radius 2 is 1.67 bits per heavy atom. The predicted octanol–water partition coefficient (Wildman–Crippen LogP) is 5.21. The molecule has 0 radical (unpaired) electrons. The standard InChI is InChI=1S/C27H19Cl2N3O4/c1-35-25-17(15-33)8-10-22(31-25)27(23-11-9-18(16-34)26(32-23)36-14-13-30)12-4-6-20(24(27)29)19-5-2-3-7-21(19)28/h2-12,15-16,24H,14H2,1H3. The Hall–Kier alpha value is -3.99. The number of alkyl halides is 1. The minimum absolute atomic E-state index is 0.00832. The average molecular weight is 520 g/mol. The van der Waals surface area contributed by atoms with Crippen LogP contribution in [0.3, 0.4) is 0 Å². The number of rotatable bonds is 8. The molecule has 2 aromatic heterocycles. The Balaban J connectivity index is 1.99. The molecule has 2 atom stereocenters. The van der Waals surface area contributed by atoms with E-state index in [1.54, 1.807) is 30.3 Å². The van der Waals surface area contributed by atoms with Crippen molar-refractivity contribution in [1.82, 2.24) is 9.97 Å². The summed E-state index contributed by atoms with van der Waals surface area (Å²) in [5.41, 5.74) is 1.55. The molecule has 3 aromatic rings. The van der Waals surface area contributed by atoms with Gasteiger partial charge in [0.05, 0.1) is 40.4 Å². The average Bonchev–Trinajstić information content (AvgIpc) is 2.92. The Morgan fingerprint density at radius 1 is 1.03 bits per heavy atom. The second-order valence-electron chi connectivity index (χ2n) is 7.76. The van der Waals surface area contributed by atoms with Gasteiger partial charge in [0.15, 0.2) is 19.2 Å². The van der Waals surface area contributed by atoms with Crippen LogP contribution >= 0.6 is 23.2 Å². The van der Waals surface area contributed by atoms with Crippen LogP contribution in [0, 0.1) is 11.3 Å². The second-order valence-corrected chi connectivity index (χ2v) is 8.60. The molecule has 2 unspecified atom stereocenters. The zero-order valence-electron chi connectivity index (χ0n) is 19.0. The fourth-order valence-electron chi connectivity index (χ4n) is 4.12. The zero-order chi connectivity index (χ0) is 25.7. The molecule has 1 aliphatic carbocycles. The molecule has 0 bridgehead atoms. The second kappa shape index (κ2) is 10.7. The van der Waals surface area contributed by atoms with Crippen LogP contribution < -0.4 is 9.47 Å². The SMILES string of the molecule is COc1nc(C2(c3ccc(C=O)c(OCC#N)n3)C=CC=C(c3ccccc3Cl)C2Cl)ccc1C=O. The Labute approximate surface area is 217 Å². The number of carbonyl (C=O) groups excluding carboxylic acids is 2. The van der Waals surface area contributed by atoms with Gasteiger partial charge < -0.3 is 9.47 Å². The number of halogens is 2. The Bertz CT molecular complexity index is 1430. The van der Waals surface area contributed by atoms with Crippen LogP contribution in [0.25, 0.3) is 5.57 Å². The summed E-state index contributed by atoms with van der Waals surface area (Å²) in [7, 11) is 1.42. The first-order valence-corrected chi connectivity index (χ1v) is 11.6. The molecule has 180 valence electrons. The molecule has 4 rings (SSSR count). The molecule has 36 heavy (non-hydrogen) atoms. The lowest BCUT2D eigenvalue weighted by Crippen LogP contribution is -2.40. The number of ether oxygens (including phenoxy) is 2. The number of pyridine rings is 2. The highest BCUT2D eigenvalue weighted by molar-refractivity contribution is 6.34. The Kier molecular flexibility index (Phi) is 7.49. The van der Waals surface area contributed by atoms with Crippen molar-refractivity contribution < 1.29 is 19.1 Å². The van der Waals surface area contributed by atoms with Crippen molar-refractivity contribution in [3.05, 3.63) is 99.9 Å². The molecule has 1 aromatic carbocycles. The topological polar surface area (TPSA) is 102 Å². The predicted molar refractivity (Wildman–Crippen MR) is 136 cm³/mol. The summed E-state index contributed by atoms with van der Waals surface area (Å²) >= 11 is 13.8. The first-order chi connectivity index (χ1) is 17.5. The number of aldehydes is 2. The largest absolute Gasteiger partial charge is 0.480 e. The summed E-state index contributed by atoms with van der Waals surface area (Å²) < 4.78 is 10.8. The summed E-state index contributed by atoms with van der Waals surface area (Å²) in [6, 6.07) is 15.7. The molecular formula is C27H19Cl2N3O4. The van der Waals surface area contributed by atoms with Crippen molar-refractivity contribution in [3.8, 4) is 17.8 Å². The molecule has 0 N–H and O–H groups in total. The third-order valence-corrected chi connectivity index (χ3v) is 6.75. The van der Waals surface area contributed by atoms with Gasteiger partial charge in [0, 0.05) is 5.02 Å². The van der Waals surface area contributed by atoms with Gasteiger partial charge in [-0.2, -0.15) is 5.26 Å². The van der Waals surface area contributed by atoms with Crippen LogP contribution in [-0.4, -0.2) is 41.6 Å². The van der Waals surface area contributed by atoms with Gasteiger partial charge in [-0.25, -0.2) is 9.97 Å². The molecule has 0 amide bonds. The minimum Gasteiger partial charge on any atom is -0.480 e. The third kappa shape index (κ3) is 4.37. The highest BCUT2D eigenvalue weighted by Crippen LogP contribution is 2.48. The van der Waals surface area contributed by atoms with Gasteiger partial charge in [0.2, 0.25) is 11.8 Å². The number of benzene rings is 1. The monoisotopic (exact) mass is 519 g/mol. The van der Waals surface area contributed by atoms with Crippen LogP contribution in [0.15, 0.2) is 66.8 Å². The van der Waals surface area contributed by atoms with Crippen LogP contribution in [0.4, 0.5) is 0 Å². The number of hydrogen-bond donors (Lipinski definition) is 0. The zero-order valence-corrected chi connectivity index (χ0v) is 20.5. The third-order valence-electron chi connectivity index (χ3n) is 5.84. The lowest BCUT2D eigenvalue weighted by atomic mass is 9.71. The van der Waals surface area contributed by atoms with E-state index in [1.165, 1.54) is 7.11 Å². The normalized spacial score (nSPS) is 18.6. The van der Waals surface area contributed by atoms with E-state index in [4.69, 9.17) is 37.9 Å². The maximum absolute atomic E-state index is 11.6. The van der Waals surface area contributed by atoms with E-state index in [-0.39, 0.29) is 29.5 Å². The lowest BCUT2D eigenvalue weighted by molar-refractivity contribution is 0.111. The number of nitrogens with zero attached hydrogens (tertiary/aromatic N) is 3. The molecule has 0 fully saturated rings. The Morgan fingerprint density at radius 3 is 2.28 bits per heavy atom. The fraction of sp³-hybridized carbons (Fsp3) is 0.148. The van der Waals surface area contributed by atoms with E-state index in [1.807, 2.05) is 42.5 Å². The van der Waals surface area contributed by atoms with E-state index >= 15 is 0 Å². The van der Waals surface area contributed by atoms with Gasteiger partial charge in [-0.15, -0.1) is 11.6 Å². The van der Waals surface area contributed by atoms with Crippen LogP contribution in [-0.2, 0) is 5.41 Å². The number of aromatic nitrogens is 2. The first kappa shape index (κ1) is 25.1. The van der Waals surface area contributed by atoms with E-state index in [2.05, 4.69) is 9.97 Å². The molecule has 1 aliphatic rings. The van der Waals surface area contributed by atoms with Gasteiger partial charge in [0.1, 0.15) is 6.07 Å². The molecule has 7 nitrogen and oxygen atoms in total. The van der Waals surface area contributed by atoms with Crippen molar-refractivity contribution >= 4 is 41.3 Å². The van der Waals surface area contributed by atoms with E-state index in [0.29, 0.717) is 34.6 Å². The maximum atomic E-state index is 11.6. The van der Waals surface area contributed by atoms with Gasteiger partial charge in [-0.1, -0.05) is 48.0 Å². The van der Waals surface area contributed by atoms with Crippen molar-refractivity contribution in [2.75, 3.05) is 13.7 Å². The van der Waals surface area contributed by atoms with Crippen molar-refractivity contribution in [1.29, 1.82) is 5.26 Å². The minimum atomic E-state index is -1.19. The van der Waals surface area contributed by atoms with Crippen LogP contribution in [0.5, 0.6) is 11.8 Å². The van der Waals surface area contributed by atoms with E-state index in [9.17, 15) is 9.59 Å². The number of carbonyl (C=O) groups is 2. The van der Waals surface area contributed by atoms with Crippen molar-refractivity contribution in [2.24, 2.45) is 0 Å².